The van der Waals surface area contributed by atoms with E-state index in [9.17, 15) is 9.90 Å². The van der Waals surface area contributed by atoms with Crippen molar-refractivity contribution in [2.24, 2.45) is 0 Å². The Kier molecular flexibility index (Phi) is 6.38. The summed E-state index contributed by atoms with van der Waals surface area (Å²) in [6.45, 7) is -0.404. The Labute approximate surface area is 203 Å². The maximum absolute atomic E-state index is 11.8. The molecule has 4 aromatic rings. The number of hydrogen-bond acceptors (Lipinski definition) is 5. The molecule has 5 rings (SSSR count). The topological polar surface area (TPSA) is 92.8 Å². The van der Waals surface area contributed by atoms with Crippen molar-refractivity contribution in [1.29, 1.82) is 0 Å². The number of oxazole rings is 1. The first-order valence-corrected chi connectivity index (χ1v) is 11.8. The van der Waals surface area contributed by atoms with E-state index in [0.29, 0.717) is 23.8 Å². The van der Waals surface area contributed by atoms with Gasteiger partial charge in [0.25, 0.3) is 0 Å². The van der Waals surface area contributed by atoms with Gasteiger partial charge in [-0.3, -0.25) is 0 Å². The van der Waals surface area contributed by atoms with E-state index >= 15 is 0 Å². The summed E-state index contributed by atoms with van der Waals surface area (Å²) >= 11 is 0. The van der Waals surface area contributed by atoms with Gasteiger partial charge in [-0.2, -0.15) is 0 Å². The summed E-state index contributed by atoms with van der Waals surface area (Å²) in [5.41, 5.74) is 2.54. The number of aromatic nitrogens is 1. The average Bonchev–Trinajstić information content (AvgIpc) is 3.47. The van der Waals surface area contributed by atoms with E-state index in [1.54, 1.807) is 6.07 Å². The van der Waals surface area contributed by atoms with Gasteiger partial charge in [0, 0.05) is 17.0 Å². The smallest absolute Gasteiger partial charge is 0.341 e. The third kappa shape index (κ3) is 4.98. The Bertz CT molecular complexity index is 1240. The van der Waals surface area contributed by atoms with Gasteiger partial charge in [-0.25, -0.2) is 9.78 Å². The van der Waals surface area contributed by atoms with Crippen molar-refractivity contribution in [3.63, 3.8) is 0 Å². The highest BCUT2D eigenvalue weighted by Gasteiger charge is 2.43. The summed E-state index contributed by atoms with van der Waals surface area (Å²) in [7, 11) is 0. The van der Waals surface area contributed by atoms with Crippen LogP contribution in [0, 0.1) is 0 Å². The number of carboxylic acids is 1. The molecule has 1 heterocycles. The van der Waals surface area contributed by atoms with E-state index < -0.39 is 18.2 Å². The summed E-state index contributed by atoms with van der Waals surface area (Å²) in [6.07, 6.45) is 2.60. The van der Waals surface area contributed by atoms with Crippen LogP contribution in [0.25, 0.3) is 22.6 Å². The van der Waals surface area contributed by atoms with Gasteiger partial charge in [0.1, 0.15) is 11.4 Å². The Hall–Kier alpha value is -3.90. The van der Waals surface area contributed by atoms with Crippen molar-refractivity contribution in [2.75, 3.05) is 6.61 Å². The zero-order chi connectivity index (χ0) is 24.3. The van der Waals surface area contributed by atoms with E-state index in [4.69, 9.17) is 19.2 Å². The molecule has 1 fully saturated rings. The first-order chi connectivity index (χ1) is 17.0. The lowest BCUT2D eigenvalue weighted by atomic mass is 9.82. The highest BCUT2D eigenvalue weighted by atomic mass is 16.5. The number of carboxylic acid groups (broad SMARTS) is 1. The summed E-state index contributed by atoms with van der Waals surface area (Å²) in [5, 5.41) is 20.7. The highest BCUT2D eigenvalue weighted by molar-refractivity contribution is 5.76. The molecule has 0 bridgehead atoms. The lowest BCUT2D eigenvalue weighted by Gasteiger charge is -2.29. The fourth-order valence-electron chi connectivity index (χ4n) is 4.99. The Balaban J connectivity index is 1.46. The van der Waals surface area contributed by atoms with Crippen LogP contribution in [0.15, 0.2) is 89.3 Å². The average molecular weight is 470 g/mol. The van der Waals surface area contributed by atoms with Gasteiger partial charge in [0.05, 0.1) is 12.0 Å². The lowest BCUT2D eigenvalue weighted by molar-refractivity contribution is -0.139. The Morgan fingerprint density at radius 2 is 1.71 bits per heavy atom. The summed E-state index contributed by atoms with van der Waals surface area (Å²) in [5.74, 6) is 0.501. The molecule has 2 N–H and O–H groups in total. The van der Waals surface area contributed by atoms with Crippen molar-refractivity contribution < 1.29 is 24.2 Å². The van der Waals surface area contributed by atoms with Gasteiger partial charge in [0.2, 0.25) is 0 Å². The minimum atomic E-state index is -1.03. The second-order valence-corrected chi connectivity index (χ2v) is 9.00. The van der Waals surface area contributed by atoms with Crippen molar-refractivity contribution in [1.82, 2.24) is 4.98 Å². The monoisotopic (exact) mass is 469 g/mol. The van der Waals surface area contributed by atoms with Gasteiger partial charge in [-0.1, -0.05) is 72.8 Å². The molecular formula is C29H27NO5. The van der Waals surface area contributed by atoms with E-state index in [0.717, 1.165) is 35.2 Å². The molecule has 3 aromatic carbocycles. The van der Waals surface area contributed by atoms with E-state index in [2.05, 4.69) is 0 Å². The Morgan fingerprint density at radius 3 is 2.43 bits per heavy atom. The zero-order valence-electron chi connectivity index (χ0n) is 19.3. The van der Waals surface area contributed by atoms with E-state index in [1.165, 1.54) is 0 Å². The number of benzene rings is 3. The van der Waals surface area contributed by atoms with Crippen LogP contribution >= 0.6 is 0 Å². The van der Waals surface area contributed by atoms with Crippen molar-refractivity contribution in [3.05, 3.63) is 96.4 Å². The zero-order valence-corrected chi connectivity index (χ0v) is 19.3. The predicted molar refractivity (Wildman–Crippen MR) is 132 cm³/mol. The second kappa shape index (κ2) is 9.76. The number of carbonyl (C=O) groups is 1. The number of ether oxygens (including phenoxy) is 1. The number of nitrogens with zero attached hydrogens (tertiary/aromatic N) is 1. The van der Waals surface area contributed by atoms with Gasteiger partial charge in [0.15, 0.2) is 18.3 Å². The maximum atomic E-state index is 11.8. The minimum absolute atomic E-state index is 0.136. The molecule has 0 amide bonds. The fourth-order valence-corrected chi connectivity index (χ4v) is 4.99. The third-order valence-electron chi connectivity index (χ3n) is 6.59. The van der Waals surface area contributed by atoms with Gasteiger partial charge in [-0.15, -0.1) is 0 Å². The molecule has 35 heavy (non-hydrogen) atoms. The minimum Gasteiger partial charge on any atom is -0.482 e. The molecule has 0 aliphatic heterocycles. The van der Waals surface area contributed by atoms with Gasteiger partial charge >= 0.3 is 5.97 Å². The molecule has 1 aliphatic carbocycles. The molecule has 1 aliphatic rings. The van der Waals surface area contributed by atoms with Crippen LogP contribution in [0.2, 0.25) is 0 Å². The van der Waals surface area contributed by atoms with Crippen LogP contribution < -0.4 is 4.74 Å². The van der Waals surface area contributed by atoms with E-state index in [-0.39, 0.29) is 12.3 Å². The van der Waals surface area contributed by atoms with Gasteiger partial charge in [-0.05, 0) is 37.0 Å². The van der Waals surface area contributed by atoms with E-state index in [1.807, 2.05) is 78.9 Å². The van der Waals surface area contributed by atoms with Crippen LogP contribution in [-0.4, -0.2) is 33.4 Å². The molecule has 0 saturated heterocycles. The maximum Gasteiger partial charge on any atom is 0.341 e. The number of aliphatic hydroxyl groups is 1. The van der Waals surface area contributed by atoms with Crippen molar-refractivity contribution in [2.45, 2.75) is 37.2 Å². The molecule has 2 unspecified atom stereocenters. The second-order valence-electron chi connectivity index (χ2n) is 9.00. The Morgan fingerprint density at radius 1 is 1.00 bits per heavy atom. The molecule has 0 spiro atoms. The third-order valence-corrected chi connectivity index (χ3v) is 6.59. The number of rotatable bonds is 8. The van der Waals surface area contributed by atoms with Crippen LogP contribution in [0.1, 0.15) is 36.6 Å². The predicted octanol–water partition coefficient (Wildman–Crippen LogP) is 5.71. The molecule has 1 aromatic heterocycles. The molecule has 1 saturated carbocycles. The SMILES string of the molecule is O=C(O)COc1cccc(C2CCCC2(O)Cc2nc(-c3ccccc3)c(-c3ccccc3)o2)c1. The summed E-state index contributed by atoms with van der Waals surface area (Å²) < 4.78 is 11.7. The molecule has 6 nitrogen and oxygen atoms in total. The van der Waals surface area contributed by atoms with Crippen LogP contribution in [-0.2, 0) is 11.2 Å². The number of aliphatic carboxylic acids is 1. The summed E-state index contributed by atoms with van der Waals surface area (Å²) in [6, 6.07) is 27.1. The quantitative estimate of drug-likeness (QED) is 0.343. The van der Waals surface area contributed by atoms with Crippen molar-refractivity contribution >= 4 is 5.97 Å². The number of hydrogen-bond donors (Lipinski definition) is 2. The standard InChI is InChI=1S/C29H27NO5/c31-26(32)19-34-23-14-7-13-22(17-23)24-15-8-16-29(24,33)18-25-30-27(20-9-3-1-4-10-20)28(35-25)21-11-5-2-6-12-21/h1-7,9-14,17,24,33H,8,15-16,18-19H2,(H,31,32). The van der Waals surface area contributed by atoms with Crippen molar-refractivity contribution in [3.8, 4) is 28.3 Å². The molecule has 2 atom stereocenters. The fraction of sp³-hybridized carbons (Fsp3) is 0.241. The molecule has 178 valence electrons. The van der Waals surface area contributed by atoms with Crippen LogP contribution in [0.4, 0.5) is 0 Å². The van der Waals surface area contributed by atoms with Gasteiger partial charge < -0.3 is 19.4 Å². The molecular weight excluding hydrogens is 442 g/mol. The largest absolute Gasteiger partial charge is 0.482 e. The first kappa shape index (κ1) is 22.9. The molecule has 0 radical (unpaired) electrons. The molecule has 6 heteroatoms. The first-order valence-electron chi connectivity index (χ1n) is 11.8. The van der Waals surface area contributed by atoms with Crippen LogP contribution in [0.3, 0.4) is 0 Å². The highest BCUT2D eigenvalue weighted by Crippen LogP contribution is 2.46. The summed E-state index contributed by atoms with van der Waals surface area (Å²) in [4.78, 5) is 15.7. The normalized spacial score (nSPS) is 19.5. The lowest BCUT2D eigenvalue weighted by Crippen LogP contribution is -2.34. The van der Waals surface area contributed by atoms with Crippen LogP contribution in [0.5, 0.6) is 5.75 Å².